The summed E-state index contributed by atoms with van der Waals surface area (Å²) in [4.78, 5) is 12.0. The van der Waals surface area contributed by atoms with Crippen molar-refractivity contribution in [1.29, 1.82) is 0 Å². The van der Waals surface area contributed by atoms with Gasteiger partial charge in [-0.15, -0.1) is 0 Å². The number of nitrogens with one attached hydrogen (secondary N) is 1. The van der Waals surface area contributed by atoms with Gasteiger partial charge in [0.1, 0.15) is 11.6 Å². The molecule has 0 aliphatic heterocycles. The number of carbonyl (C=O) groups is 1. The van der Waals surface area contributed by atoms with E-state index in [9.17, 15) is 14.3 Å². The third kappa shape index (κ3) is 3.03. The molecule has 0 aromatic heterocycles. The Morgan fingerprint density at radius 2 is 2.00 bits per heavy atom. The van der Waals surface area contributed by atoms with E-state index in [4.69, 9.17) is 11.6 Å². The number of anilines is 1. The van der Waals surface area contributed by atoms with E-state index in [1.165, 1.54) is 36.4 Å². The number of rotatable bonds is 2. The van der Waals surface area contributed by atoms with E-state index < -0.39 is 0 Å². The molecule has 0 unspecified atom stereocenters. The maximum Gasteiger partial charge on any atom is 0.255 e. The Balaban J connectivity index is 2.23. The second kappa shape index (κ2) is 5.28. The van der Waals surface area contributed by atoms with Crippen LogP contribution in [0.3, 0.4) is 0 Å². The molecular formula is C14H11ClFNO2. The summed E-state index contributed by atoms with van der Waals surface area (Å²) in [5, 5.41) is 12.1. The van der Waals surface area contributed by atoms with Gasteiger partial charge in [0, 0.05) is 11.3 Å². The van der Waals surface area contributed by atoms with Gasteiger partial charge in [-0.05, 0) is 48.9 Å². The molecule has 3 nitrogen and oxygen atoms in total. The average Bonchev–Trinajstić information content (AvgIpc) is 2.33. The van der Waals surface area contributed by atoms with Gasteiger partial charge in [-0.2, -0.15) is 0 Å². The first-order chi connectivity index (χ1) is 8.97. The molecule has 0 aliphatic carbocycles. The van der Waals surface area contributed by atoms with E-state index in [0.717, 1.165) is 0 Å². The van der Waals surface area contributed by atoms with Crippen LogP contribution in [-0.4, -0.2) is 11.0 Å². The van der Waals surface area contributed by atoms with Crippen LogP contribution in [0.2, 0.25) is 5.02 Å². The molecule has 2 aromatic rings. The number of amides is 1. The maximum atomic E-state index is 13.0. The zero-order chi connectivity index (χ0) is 14.0. The molecule has 19 heavy (non-hydrogen) atoms. The molecule has 0 fully saturated rings. The van der Waals surface area contributed by atoms with Gasteiger partial charge in [0.15, 0.2) is 0 Å². The van der Waals surface area contributed by atoms with E-state index >= 15 is 0 Å². The molecular weight excluding hydrogens is 269 g/mol. The first-order valence-electron chi connectivity index (χ1n) is 5.53. The maximum absolute atomic E-state index is 13.0. The van der Waals surface area contributed by atoms with E-state index in [2.05, 4.69) is 5.32 Å². The quantitative estimate of drug-likeness (QED) is 0.823. The topological polar surface area (TPSA) is 49.3 Å². The summed E-state index contributed by atoms with van der Waals surface area (Å²) < 4.78 is 13.0. The Bertz CT molecular complexity index is 643. The first-order valence-corrected chi connectivity index (χ1v) is 5.91. The van der Waals surface area contributed by atoms with Crippen LogP contribution >= 0.6 is 11.6 Å². The zero-order valence-electron chi connectivity index (χ0n) is 10.1. The van der Waals surface area contributed by atoms with Crippen molar-refractivity contribution in [3.63, 3.8) is 0 Å². The highest BCUT2D eigenvalue weighted by Crippen LogP contribution is 2.26. The molecule has 2 aromatic carbocycles. The number of aromatic hydroxyl groups is 1. The summed E-state index contributed by atoms with van der Waals surface area (Å²) in [6, 6.07) is 8.29. The fourth-order valence-corrected chi connectivity index (χ4v) is 1.85. The second-order valence-corrected chi connectivity index (χ2v) is 4.49. The van der Waals surface area contributed by atoms with Gasteiger partial charge < -0.3 is 10.4 Å². The van der Waals surface area contributed by atoms with Crippen molar-refractivity contribution >= 4 is 23.2 Å². The number of aryl methyl sites for hydroxylation is 1. The minimum atomic E-state index is -0.387. The van der Waals surface area contributed by atoms with Crippen molar-refractivity contribution in [2.45, 2.75) is 6.92 Å². The average molecular weight is 280 g/mol. The molecule has 98 valence electrons. The minimum absolute atomic E-state index is 0.0578. The molecule has 0 radical (unpaired) electrons. The number of hydrogen-bond donors (Lipinski definition) is 2. The van der Waals surface area contributed by atoms with Gasteiger partial charge in [0.25, 0.3) is 5.91 Å². The molecule has 1 amide bonds. The number of halogens is 2. The Hall–Kier alpha value is -2.07. The Kier molecular flexibility index (Phi) is 3.71. The second-order valence-electron chi connectivity index (χ2n) is 4.08. The van der Waals surface area contributed by atoms with Crippen LogP contribution < -0.4 is 5.32 Å². The van der Waals surface area contributed by atoms with Crippen LogP contribution in [0.1, 0.15) is 15.9 Å². The number of carbonyl (C=O) groups excluding carboxylic acids is 1. The number of phenols is 1. The normalized spacial score (nSPS) is 10.3. The van der Waals surface area contributed by atoms with E-state index in [-0.39, 0.29) is 22.5 Å². The lowest BCUT2D eigenvalue weighted by atomic mass is 10.1. The van der Waals surface area contributed by atoms with Crippen molar-refractivity contribution in [1.82, 2.24) is 0 Å². The first kappa shape index (κ1) is 13.4. The van der Waals surface area contributed by atoms with Crippen LogP contribution in [0.5, 0.6) is 5.75 Å². The summed E-state index contributed by atoms with van der Waals surface area (Å²) in [5.41, 5.74) is 1.38. The number of phenolic OH excluding ortho intramolecular Hbond substituents is 1. The van der Waals surface area contributed by atoms with Gasteiger partial charge in [-0.3, -0.25) is 4.79 Å². The SMILES string of the molecule is Cc1cc(F)ccc1C(=O)Nc1ccc(O)c(Cl)c1. The highest BCUT2D eigenvalue weighted by molar-refractivity contribution is 6.32. The lowest BCUT2D eigenvalue weighted by Gasteiger charge is -2.08. The van der Waals surface area contributed by atoms with Crippen molar-refractivity contribution in [3.05, 3.63) is 58.4 Å². The van der Waals surface area contributed by atoms with Crippen LogP contribution in [0.4, 0.5) is 10.1 Å². The molecule has 2 rings (SSSR count). The zero-order valence-corrected chi connectivity index (χ0v) is 10.8. The van der Waals surface area contributed by atoms with E-state index in [1.54, 1.807) is 6.92 Å². The lowest BCUT2D eigenvalue weighted by Crippen LogP contribution is -2.13. The van der Waals surface area contributed by atoms with Crippen LogP contribution in [0.25, 0.3) is 0 Å². The molecule has 0 saturated heterocycles. The predicted molar refractivity (Wildman–Crippen MR) is 72.2 cm³/mol. The van der Waals surface area contributed by atoms with E-state index in [1.807, 2.05) is 0 Å². The molecule has 0 atom stereocenters. The molecule has 0 heterocycles. The van der Waals surface area contributed by atoms with Gasteiger partial charge in [0.2, 0.25) is 0 Å². The third-order valence-electron chi connectivity index (χ3n) is 2.64. The summed E-state index contributed by atoms with van der Waals surface area (Å²) in [7, 11) is 0. The predicted octanol–water partition coefficient (Wildman–Crippen LogP) is 3.75. The monoisotopic (exact) mass is 279 g/mol. The molecule has 0 bridgehead atoms. The Morgan fingerprint density at radius 3 is 2.63 bits per heavy atom. The number of hydrogen-bond acceptors (Lipinski definition) is 2. The van der Waals surface area contributed by atoms with Crippen molar-refractivity contribution in [2.75, 3.05) is 5.32 Å². The smallest absolute Gasteiger partial charge is 0.255 e. The van der Waals surface area contributed by atoms with Crippen molar-refractivity contribution in [3.8, 4) is 5.75 Å². The summed E-state index contributed by atoms with van der Waals surface area (Å²) in [5.74, 6) is -0.807. The Labute approximate surface area is 114 Å². The molecule has 0 aliphatic rings. The van der Waals surface area contributed by atoms with Crippen molar-refractivity contribution < 1.29 is 14.3 Å². The van der Waals surface area contributed by atoms with Gasteiger partial charge in [-0.1, -0.05) is 11.6 Å². The van der Waals surface area contributed by atoms with Gasteiger partial charge in [0.05, 0.1) is 5.02 Å². The highest BCUT2D eigenvalue weighted by Gasteiger charge is 2.10. The van der Waals surface area contributed by atoms with E-state index in [0.29, 0.717) is 16.8 Å². The fraction of sp³-hybridized carbons (Fsp3) is 0.0714. The minimum Gasteiger partial charge on any atom is -0.506 e. The number of benzene rings is 2. The van der Waals surface area contributed by atoms with Gasteiger partial charge >= 0.3 is 0 Å². The summed E-state index contributed by atoms with van der Waals surface area (Å²) in [6.45, 7) is 1.65. The lowest BCUT2D eigenvalue weighted by molar-refractivity contribution is 0.102. The largest absolute Gasteiger partial charge is 0.506 e. The fourth-order valence-electron chi connectivity index (χ4n) is 1.66. The molecule has 0 saturated carbocycles. The van der Waals surface area contributed by atoms with Crippen LogP contribution in [0, 0.1) is 12.7 Å². The molecule has 0 spiro atoms. The Morgan fingerprint density at radius 1 is 1.26 bits per heavy atom. The molecule has 2 N–H and O–H groups in total. The van der Waals surface area contributed by atoms with Crippen molar-refractivity contribution in [2.24, 2.45) is 0 Å². The summed E-state index contributed by atoms with van der Waals surface area (Å²) >= 11 is 5.74. The standard InChI is InChI=1S/C14H11ClFNO2/c1-8-6-9(16)2-4-11(8)14(19)17-10-3-5-13(18)12(15)7-10/h2-7,18H,1H3,(H,17,19). The van der Waals surface area contributed by atoms with Crippen LogP contribution in [0.15, 0.2) is 36.4 Å². The van der Waals surface area contributed by atoms with Crippen LogP contribution in [-0.2, 0) is 0 Å². The highest BCUT2D eigenvalue weighted by atomic mass is 35.5. The summed E-state index contributed by atoms with van der Waals surface area (Å²) in [6.07, 6.45) is 0. The third-order valence-corrected chi connectivity index (χ3v) is 2.94. The van der Waals surface area contributed by atoms with Gasteiger partial charge in [-0.25, -0.2) is 4.39 Å². The molecule has 5 heteroatoms.